The monoisotopic (exact) mass is 252 g/mol. The normalized spacial score (nSPS) is 12.5. The van der Waals surface area contributed by atoms with E-state index in [1.807, 2.05) is 11.8 Å². The van der Waals surface area contributed by atoms with Crippen molar-refractivity contribution in [3.8, 4) is 0 Å². The van der Waals surface area contributed by atoms with Gasteiger partial charge in [-0.1, -0.05) is 18.2 Å². The largest absolute Gasteiger partial charge is 0.367 e. The zero-order valence-corrected chi connectivity index (χ0v) is 12.0. The number of para-hydroxylation sites is 1. The number of aryl methyl sites for hydroxylation is 1. The van der Waals surface area contributed by atoms with Crippen LogP contribution >= 0.6 is 11.8 Å². The first-order valence-electron chi connectivity index (χ1n) is 6.25. The summed E-state index contributed by atoms with van der Waals surface area (Å²) in [6.45, 7) is 6.11. The van der Waals surface area contributed by atoms with Gasteiger partial charge in [-0.25, -0.2) is 0 Å². The number of likely N-dealkylation sites (N-methyl/N-ethyl adjacent to an activating group) is 1. The fraction of sp³-hybridized carbons (Fsp3) is 0.571. The molecule has 2 nitrogen and oxygen atoms in total. The van der Waals surface area contributed by atoms with E-state index < -0.39 is 0 Å². The van der Waals surface area contributed by atoms with Crippen LogP contribution in [0.3, 0.4) is 0 Å². The van der Waals surface area contributed by atoms with Crippen LogP contribution in [0, 0.1) is 6.92 Å². The van der Waals surface area contributed by atoms with Crippen molar-refractivity contribution in [3.05, 3.63) is 29.8 Å². The Morgan fingerprint density at radius 3 is 2.59 bits per heavy atom. The van der Waals surface area contributed by atoms with Gasteiger partial charge in [0.15, 0.2) is 0 Å². The maximum atomic E-state index is 5.93. The first-order valence-corrected chi connectivity index (χ1v) is 7.65. The maximum absolute atomic E-state index is 5.93. The van der Waals surface area contributed by atoms with Crippen molar-refractivity contribution >= 4 is 17.4 Å². The van der Waals surface area contributed by atoms with E-state index in [2.05, 4.69) is 49.3 Å². The van der Waals surface area contributed by atoms with Gasteiger partial charge in [-0.2, -0.15) is 11.8 Å². The minimum Gasteiger partial charge on any atom is -0.367 e. The lowest BCUT2D eigenvalue weighted by Gasteiger charge is -2.33. The number of rotatable bonds is 7. The molecule has 1 unspecified atom stereocenters. The molecule has 0 aliphatic rings. The van der Waals surface area contributed by atoms with E-state index in [0.29, 0.717) is 6.04 Å². The van der Waals surface area contributed by atoms with Crippen LogP contribution in [0.2, 0.25) is 0 Å². The molecule has 0 heterocycles. The third-order valence-electron chi connectivity index (χ3n) is 3.13. The second kappa shape index (κ2) is 7.62. The average Bonchev–Trinajstić information content (AvgIpc) is 2.36. The SMILES string of the molecule is CCN(c1ccccc1C)C(CN)CCSC. The van der Waals surface area contributed by atoms with Crippen molar-refractivity contribution in [3.63, 3.8) is 0 Å². The molecule has 0 saturated heterocycles. The number of benzene rings is 1. The Hall–Kier alpha value is -0.670. The predicted octanol–water partition coefficient (Wildman–Crippen LogP) is 2.90. The van der Waals surface area contributed by atoms with Gasteiger partial charge in [0.1, 0.15) is 0 Å². The molecule has 0 aliphatic heterocycles. The van der Waals surface area contributed by atoms with E-state index in [1.165, 1.54) is 17.0 Å². The minimum absolute atomic E-state index is 0.452. The molecule has 0 saturated carbocycles. The Balaban J connectivity index is 2.85. The summed E-state index contributed by atoms with van der Waals surface area (Å²) in [5.74, 6) is 1.17. The van der Waals surface area contributed by atoms with Gasteiger partial charge in [0, 0.05) is 24.8 Å². The molecule has 1 aromatic rings. The molecular weight excluding hydrogens is 228 g/mol. The van der Waals surface area contributed by atoms with Gasteiger partial charge in [-0.15, -0.1) is 0 Å². The summed E-state index contributed by atoms with van der Waals surface area (Å²) in [6.07, 6.45) is 3.30. The Morgan fingerprint density at radius 1 is 1.35 bits per heavy atom. The number of hydrogen-bond acceptors (Lipinski definition) is 3. The summed E-state index contributed by atoms with van der Waals surface area (Å²) in [7, 11) is 0. The number of hydrogen-bond donors (Lipinski definition) is 1. The minimum atomic E-state index is 0.452. The third kappa shape index (κ3) is 3.93. The lowest BCUT2D eigenvalue weighted by molar-refractivity contribution is 0.594. The highest BCUT2D eigenvalue weighted by atomic mass is 32.2. The van der Waals surface area contributed by atoms with Gasteiger partial charge in [0.2, 0.25) is 0 Å². The zero-order valence-electron chi connectivity index (χ0n) is 11.1. The van der Waals surface area contributed by atoms with E-state index in [9.17, 15) is 0 Å². The Bertz CT molecular complexity index is 328. The second-order valence-corrected chi connectivity index (χ2v) is 5.23. The number of nitrogens with two attached hydrogens (primary N) is 1. The molecule has 0 bridgehead atoms. The molecule has 0 radical (unpaired) electrons. The van der Waals surface area contributed by atoms with Crippen molar-refractivity contribution < 1.29 is 0 Å². The smallest absolute Gasteiger partial charge is 0.0420 e. The van der Waals surface area contributed by atoms with Crippen LogP contribution in [0.25, 0.3) is 0 Å². The fourth-order valence-corrected chi connectivity index (χ4v) is 2.67. The van der Waals surface area contributed by atoms with E-state index in [0.717, 1.165) is 19.5 Å². The van der Waals surface area contributed by atoms with Gasteiger partial charge in [0.05, 0.1) is 0 Å². The van der Waals surface area contributed by atoms with Gasteiger partial charge >= 0.3 is 0 Å². The quantitative estimate of drug-likeness (QED) is 0.809. The van der Waals surface area contributed by atoms with Crippen molar-refractivity contribution in [2.24, 2.45) is 5.73 Å². The van der Waals surface area contributed by atoms with Gasteiger partial charge in [-0.05, 0) is 43.9 Å². The summed E-state index contributed by atoms with van der Waals surface area (Å²) in [6, 6.07) is 9.01. The average molecular weight is 252 g/mol. The highest BCUT2D eigenvalue weighted by molar-refractivity contribution is 7.98. The summed E-state index contributed by atoms with van der Waals surface area (Å²) in [5, 5.41) is 0. The van der Waals surface area contributed by atoms with Crippen molar-refractivity contribution in [1.29, 1.82) is 0 Å². The van der Waals surface area contributed by atoms with E-state index >= 15 is 0 Å². The van der Waals surface area contributed by atoms with Crippen molar-refractivity contribution in [1.82, 2.24) is 0 Å². The summed E-state index contributed by atoms with van der Waals surface area (Å²) in [4.78, 5) is 2.44. The molecule has 96 valence electrons. The van der Waals surface area contributed by atoms with Gasteiger partial charge in [0.25, 0.3) is 0 Å². The molecule has 0 aromatic heterocycles. The first kappa shape index (κ1) is 14.4. The number of thioether (sulfide) groups is 1. The Labute approximate surface area is 110 Å². The Kier molecular flexibility index (Phi) is 6.45. The predicted molar refractivity (Wildman–Crippen MR) is 80.0 cm³/mol. The second-order valence-electron chi connectivity index (χ2n) is 4.24. The maximum Gasteiger partial charge on any atom is 0.0420 e. The van der Waals surface area contributed by atoms with Crippen LogP contribution < -0.4 is 10.6 Å². The first-order chi connectivity index (χ1) is 8.24. The molecule has 1 aromatic carbocycles. The van der Waals surface area contributed by atoms with Crippen LogP contribution in [0.15, 0.2) is 24.3 Å². The zero-order chi connectivity index (χ0) is 12.7. The molecule has 1 atom stereocenters. The molecule has 0 aliphatic carbocycles. The highest BCUT2D eigenvalue weighted by Crippen LogP contribution is 2.22. The molecule has 0 amide bonds. The molecule has 17 heavy (non-hydrogen) atoms. The van der Waals surface area contributed by atoms with Crippen LogP contribution in [0.1, 0.15) is 18.9 Å². The van der Waals surface area contributed by atoms with Crippen molar-refractivity contribution in [2.75, 3.05) is 30.0 Å². The summed E-state index contributed by atoms with van der Waals surface area (Å²) in [5.41, 5.74) is 8.58. The molecule has 0 spiro atoms. The van der Waals surface area contributed by atoms with Crippen LogP contribution in [-0.2, 0) is 0 Å². The fourth-order valence-electron chi connectivity index (χ4n) is 2.17. The molecular formula is C14H24N2S. The number of nitrogens with zero attached hydrogens (tertiary/aromatic N) is 1. The molecule has 1 rings (SSSR count). The number of anilines is 1. The van der Waals surface area contributed by atoms with Crippen LogP contribution in [0.4, 0.5) is 5.69 Å². The molecule has 2 N–H and O–H groups in total. The third-order valence-corrected chi connectivity index (χ3v) is 3.78. The van der Waals surface area contributed by atoms with E-state index in [1.54, 1.807) is 0 Å². The topological polar surface area (TPSA) is 29.3 Å². The van der Waals surface area contributed by atoms with E-state index in [4.69, 9.17) is 5.73 Å². The van der Waals surface area contributed by atoms with Gasteiger partial charge in [-0.3, -0.25) is 0 Å². The molecule has 3 heteroatoms. The van der Waals surface area contributed by atoms with Crippen molar-refractivity contribution in [2.45, 2.75) is 26.3 Å². The summed E-state index contributed by atoms with van der Waals surface area (Å²) < 4.78 is 0. The summed E-state index contributed by atoms with van der Waals surface area (Å²) >= 11 is 1.89. The Morgan fingerprint density at radius 2 is 2.06 bits per heavy atom. The highest BCUT2D eigenvalue weighted by Gasteiger charge is 2.16. The van der Waals surface area contributed by atoms with Crippen LogP contribution in [-0.4, -0.2) is 31.1 Å². The lowest BCUT2D eigenvalue weighted by Crippen LogP contribution is -2.41. The standard InChI is InChI=1S/C14H24N2S/c1-4-16(13(11-15)9-10-17-3)14-8-6-5-7-12(14)2/h5-8,13H,4,9-11,15H2,1-3H3. The molecule has 0 fully saturated rings. The van der Waals surface area contributed by atoms with E-state index in [-0.39, 0.29) is 0 Å². The lowest BCUT2D eigenvalue weighted by atomic mass is 10.1. The van der Waals surface area contributed by atoms with Crippen LogP contribution in [0.5, 0.6) is 0 Å². The van der Waals surface area contributed by atoms with Gasteiger partial charge < -0.3 is 10.6 Å².